The lowest BCUT2D eigenvalue weighted by Crippen LogP contribution is -2.63. The average Bonchev–Trinajstić information content (AvgIpc) is 3.32. The number of aliphatic hydroxyl groups is 1. The Kier molecular flexibility index (Phi) is 26.0. The Hall–Kier alpha value is -7.14. The van der Waals surface area contributed by atoms with Crippen LogP contribution < -0.4 is 59.7 Å². The van der Waals surface area contributed by atoms with Gasteiger partial charge in [-0.15, -0.1) is 0 Å². The van der Waals surface area contributed by atoms with Crippen LogP contribution >= 0.6 is 0 Å². The lowest BCUT2D eigenvalue weighted by molar-refractivity contribution is -0.137. The Morgan fingerprint density at radius 2 is 0.945 bits per heavy atom. The topological polar surface area (TPSA) is 385 Å². The molecule has 0 aromatic heterocycles. The van der Waals surface area contributed by atoms with Gasteiger partial charge in [-0.1, -0.05) is 90.4 Å². The van der Waals surface area contributed by atoms with E-state index in [4.69, 9.17) is 17.2 Å². The number of amides is 10. The van der Waals surface area contributed by atoms with Gasteiger partial charge in [-0.25, -0.2) is 0 Å². The maximum Gasteiger partial charge on any atom is 0.245 e. The second-order valence-electron chi connectivity index (χ2n) is 18.9. The highest BCUT2D eigenvalue weighted by Gasteiger charge is 2.37. The fourth-order valence-corrected chi connectivity index (χ4v) is 7.53. The number of phenolic OH excluding ortho intramolecular Hbond substituents is 1. The summed E-state index contributed by atoms with van der Waals surface area (Å²) in [6.07, 6.45) is -1.01. The highest BCUT2D eigenvalue weighted by atomic mass is 16.3. The lowest BCUT2D eigenvalue weighted by atomic mass is 9.97. The van der Waals surface area contributed by atoms with Crippen molar-refractivity contribution < 1.29 is 58.2 Å². The fourth-order valence-electron chi connectivity index (χ4n) is 7.53. The van der Waals surface area contributed by atoms with Crippen LogP contribution in [0.15, 0.2) is 54.6 Å². The second-order valence-corrected chi connectivity index (χ2v) is 18.9. The van der Waals surface area contributed by atoms with Gasteiger partial charge in [0.05, 0.1) is 12.5 Å². The number of rotatable bonds is 31. The molecule has 0 radical (unpaired) electrons. The zero-order chi connectivity index (χ0) is 55.1. The summed E-state index contributed by atoms with van der Waals surface area (Å²) in [5, 5.41) is 41.2. The first kappa shape index (κ1) is 62.0. The molecule has 404 valence electrons. The minimum absolute atomic E-state index is 0.0322. The van der Waals surface area contributed by atoms with Crippen LogP contribution in [-0.2, 0) is 60.8 Å². The van der Waals surface area contributed by atoms with E-state index in [1.807, 2.05) is 6.92 Å². The third kappa shape index (κ3) is 21.2. The molecule has 0 fully saturated rings. The van der Waals surface area contributed by atoms with E-state index in [-0.39, 0.29) is 37.5 Å². The van der Waals surface area contributed by atoms with Gasteiger partial charge in [-0.3, -0.25) is 47.9 Å². The minimum Gasteiger partial charge on any atom is -0.508 e. The Balaban J connectivity index is 2.47. The van der Waals surface area contributed by atoms with Crippen LogP contribution in [0.4, 0.5) is 0 Å². The summed E-state index contributed by atoms with van der Waals surface area (Å²) in [7, 11) is 0. The van der Waals surface area contributed by atoms with Gasteiger partial charge < -0.3 is 69.9 Å². The molecule has 10 atom stereocenters. The molecule has 23 nitrogen and oxygen atoms in total. The number of carbonyl (C=O) groups excluding carboxylic acids is 10. The number of hydrogen-bond donors (Lipinski definition) is 13. The van der Waals surface area contributed by atoms with Crippen molar-refractivity contribution in [3.05, 3.63) is 65.7 Å². The number of unbranched alkanes of at least 4 members (excludes halogenated alkanes) is 1. The third-order valence-corrected chi connectivity index (χ3v) is 12.0. The standard InChI is InChI=1S/C50H77N11O12/c1-9-28(6)41(54-30(8)63)49(72)61-42(29(7)62)50(73)60-40(27(4)5)48(71)57-36(23-31-15-11-10-12-16-31)45(68)55-34(17-13-14-22-51)44(67)59-39(26(2)3)47(70)58-37(24-32-18-20-33(64)21-19-32)46(69)56-35(43(53)66)25-38(52)65/h10-12,15-16,18-21,26-29,34-37,39-42,62,64H,9,13-14,17,22-25,51H2,1-8H3,(H2,52,65)(H2,53,66)(H,54,63)(H,55,68)(H,56,69)(H,57,71)(H,58,70)(H,59,67)(H,60,73)(H,61,72)/t28-,29+,34-,35-,36-,37-,39-,40-,41-,42-/m0/s1. The van der Waals surface area contributed by atoms with Gasteiger partial charge >= 0.3 is 0 Å². The first-order valence-corrected chi connectivity index (χ1v) is 24.5. The number of benzene rings is 2. The van der Waals surface area contributed by atoms with Gasteiger partial charge in [-0.2, -0.15) is 0 Å². The molecule has 23 heteroatoms. The SMILES string of the molecule is CC[C@H](C)[C@H](NC(C)=O)C(=O)N[C@H](C(=O)N[C@H](C(=O)N[C@@H](Cc1ccccc1)C(=O)N[C@@H](CCCCN)C(=O)N[C@H](C(=O)N[C@@H](Cc1ccc(O)cc1)C(=O)N[C@@H](CC(N)=O)C(N)=O)C(C)C)C(C)C)[C@@H](C)O. The molecule has 0 heterocycles. The highest BCUT2D eigenvalue weighted by molar-refractivity contribution is 5.98. The Bertz CT molecular complexity index is 2190. The molecule has 0 saturated heterocycles. The molecule has 2 aromatic rings. The minimum atomic E-state index is -1.56. The molecule has 0 aliphatic carbocycles. The van der Waals surface area contributed by atoms with Crippen molar-refractivity contribution in [1.29, 1.82) is 0 Å². The van der Waals surface area contributed by atoms with E-state index in [1.54, 1.807) is 65.0 Å². The summed E-state index contributed by atoms with van der Waals surface area (Å²) in [5.41, 5.74) is 17.5. The maximum absolute atomic E-state index is 14.4. The summed E-state index contributed by atoms with van der Waals surface area (Å²) in [4.78, 5) is 134. The van der Waals surface area contributed by atoms with E-state index >= 15 is 0 Å². The van der Waals surface area contributed by atoms with Crippen molar-refractivity contribution in [2.75, 3.05) is 6.54 Å². The predicted molar refractivity (Wildman–Crippen MR) is 270 cm³/mol. The molecular formula is C50H77N11O12. The van der Waals surface area contributed by atoms with Crippen molar-refractivity contribution in [3.63, 3.8) is 0 Å². The van der Waals surface area contributed by atoms with E-state index in [9.17, 15) is 58.2 Å². The molecule has 0 aliphatic heterocycles. The van der Waals surface area contributed by atoms with Crippen molar-refractivity contribution in [2.45, 2.75) is 155 Å². The van der Waals surface area contributed by atoms with Crippen LogP contribution in [0, 0.1) is 17.8 Å². The molecule has 2 aromatic carbocycles. The number of aromatic hydroxyl groups is 1. The van der Waals surface area contributed by atoms with Gasteiger partial charge in [0.2, 0.25) is 59.1 Å². The largest absolute Gasteiger partial charge is 0.508 e. The number of carbonyl (C=O) groups is 10. The normalized spacial score (nSPS) is 15.3. The number of primary amides is 2. The Morgan fingerprint density at radius 3 is 1.38 bits per heavy atom. The second kappa shape index (κ2) is 30.7. The molecule has 0 spiro atoms. The third-order valence-electron chi connectivity index (χ3n) is 12.0. The number of nitrogens with two attached hydrogens (primary N) is 3. The van der Waals surface area contributed by atoms with E-state index in [0.29, 0.717) is 30.4 Å². The van der Waals surface area contributed by atoms with E-state index in [2.05, 4.69) is 42.5 Å². The first-order chi connectivity index (χ1) is 34.3. The zero-order valence-electron chi connectivity index (χ0n) is 43.0. The lowest BCUT2D eigenvalue weighted by Gasteiger charge is -2.30. The summed E-state index contributed by atoms with van der Waals surface area (Å²) >= 11 is 0. The molecule has 0 bridgehead atoms. The number of aliphatic hydroxyl groups excluding tert-OH is 1. The van der Waals surface area contributed by atoms with Crippen molar-refractivity contribution in [3.8, 4) is 5.75 Å². The Morgan fingerprint density at radius 1 is 0.521 bits per heavy atom. The maximum atomic E-state index is 14.4. The van der Waals surface area contributed by atoms with Crippen LogP contribution in [0.2, 0.25) is 0 Å². The van der Waals surface area contributed by atoms with E-state index in [1.165, 1.54) is 38.1 Å². The average molecular weight is 1020 g/mol. The van der Waals surface area contributed by atoms with Crippen LogP contribution in [0.1, 0.15) is 98.6 Å². The number of hydrogen-bond acceptors (Lipinski definition) is 13. The summed E-state index contributed by atoms with van der Waals surface area (Å²) in [5.74, 6) is -9.92. The van der Waals surface area contributed by atoms with Gasteiger partial charge in [-0.05, 0) is 73.7 Å². The van der Waals surface area contributed by atoms with Crippen molar-refractivity contribution >= 4 is 59.1 Å². The van der Waals surface area contributed by atoms with Crippen LogP contribution in [0.25, 0.3) is 0 Å². The van der Waals surface area contributed by atoms with Gasteiger partial charge in [0.1, 0.15) is 54.1 Å². The van der Waals surface area contributed by atoms with E-state index in [0.717, 1.165) is 0 Å². The number of nitrogens with one attached hydrogen (secondary N) is 8. The molecular weight excluding hydrogens is 947 g/mol. The molecule has 16 N–H and O–H groups in total. The van der Waals surface area contributed by atoms with Gasteiger partial charge in [0.15, 0.2) is 0 Å². The molecule has 73 heavy (non-hydrogen) atoms. The van der Waals surface area contributed by atoms with Crippen molar-refractivity contribution in [1.82, 2.24) is 42.5 Å². The Labute approximate surface area is 426 Å². The molecule has 0 saturated carbocycles. The molecule has 0 unspecified atom stereocenters. The first-order valence-electron chi connectivity index (χ1n) is 24.5. The quantitative estimate of drug-likeness (QED) is 0.0376. The zero-order valence-corrected chi connectivity index (χ0v) is 43.0. The molecule has 10 amide bonds. The number of phenols is 1. The molecule has 0 aliphatic rings. The van der Waals surface area contributed by atoms with E-state index < -0.39 is 132 Å². The van der Waals surface area contributed by atoms with Gasteiger partial charge in [0, 0.05) is 19.8 Å². The van der Waals surface area contributed by atoms with Crippen LogP contribution in [-0.4, -0.2) is 130 Å². The fraction of sp³-hybridized carbons (Fsp3) is 0.560. The van der Waals surface area contributed by atoms with Crippen LogP contribution in [0.5, 0.6) is 5.75 Å². The summed E-state index contributed by atoms with van der Waals surface area (Å²) in [6, 6.07) is 3.52. The highest BCUT2D eigenvalue weighted by Crippen LogP contribution is 2.15. The smallest absolute Gasteiger partial charge is 0.245 e. The van der Waals surface area contributed by atoms with Crippen LogP contribution in [0.3, 0.4) is 0 Å². The predicted octanol–water partition coefficient (Wildman–Crippen LogP) is -1.70. The molecule has 2 rings (SSSR count). The van der Waals surface area contributed by atoms with Crippen molar-refractivity contribution in [2.24, 2.45) is 35.0 Å². The van der Waals surface area contributed by atoms with Gasteiger partial charge in [0.25, 0.3) is 0 Å². The summed E-state index contributed by atoms with van der Waals surface area (Å²) in [6.45, 7) is 12.8. The summed E-state index contributed by atoms with van der Waals surface area (Å²) < 4.78 is 0. The monoisotopic (exact) mass is 1020 g/mol.